The molecule has 0 fully saturated rings. The van der Waals surface area contributed by atoms with E-state index < -0.39 is 11.8 Å². The van der Waals surface area contributed by atoms with Gasteiger partial charge < -0.3 is 16.0 Å². The van der Waals surface area contributed by atoms with Crippen molar-refractivity contribution in [3.8, 4) is 17.2 Å². The number of rotatable bonds is 10. The summed E-state index contributed by atoms with van der Waals surface area (Å²) >= 11 is 8.74. The van der Waals surface area contributed by atoms with E-state index in [0.29, 0.717) is 32.4 Å². The van der Waals surface area contributed by atoms with Gasteiger partial charge in [0.05, 0.1) is 11.3 Å². The quantitative estimate of drug-likeness (QED) is 0.103. The first-order valence-corrected chi connectivity index (χ1v) is 16.3. The van der Waals surface area contributed by atoms with Crippen molar-refractivity contribution >= 4 is 69.2 Å². The lowest BCUT2D eigenvalue weighted by molar-refractivity contribution is -0.114. The molecule has 7 nitrogen and oxygen atoms in total. The zero-order chi connectivity index (χ0) is 32.5. The highest BCUT2D eigenvalue weighted by Gasteiger charge is 2.17. The van der Waals surface area contributed by atoms with Gasteiger partial charge in [0.1, 0.15) is 16.8 Å². The third kappa shape index (κ3) is 8.52. The van der Waals surface area contributed by atoms with E-state index >= 15 is 0 Å². The van der Waals surface area contributed by atoms with Crippen molar-refractivity contribution in [3.63, 3.8) is 0 Å². The van der Waals surface area contributed by atoms with E-state index in [0.717, 1.165) is 21.6 Å². The molecule has 0 radical (unpaired) electrons. The Labute approximate surface area is 279 Å². The molecule has 46 heavy (non-hydrogen) atoms. The Hall–Kier alpha value is -5.14. The summed E-state index contributed by atoms with van der Waals surface area (Å²) in [6, 6.07) is 32.7. The fraction of sp³-hybridized carbons (Fsp3) is 0.0556. The van der Waals surface area contributed by atoms with Crippen LogP contribution in [-0.4, -0.2) is 23.5 Å². The van der Waals surface area contributed by atoms with Crippen LogP contribution >= 0.6 is 34.7 Å². The van der Waals surface area contributed by atoms with Gasteiger partial charge in [-0.15, -0.1) is 23.1 Å². The van der Waals surface area contributed by atoms with Crippen molar-refractivity contribution in [2.75, 3.05) is 16.4 Å². The number of hydrogen-bond donors (Lipinski definition) is 3. The predicted octanol–water partition coefficient (Wildman–Crippen LogP) is 8.39. The molecule has 10 heteroatoms. The van der Waals surface area contributed by atoms with Crippen LogP contribution in [0.3, 0.4) is 0 Å². The summed E-state index contributed by atoms with van der Waals surface area (Å²) in [4.78, 5) is 39.9. The molecule has 0 atom stereocenters. The standard InChI is InChI=1S/C36H27ClN4O3S2/c1-23-13-15-25(16-14-23)31-21-46-36(30(31)20-38)41-33(42)22-45-29-12-6-11-28(19-29)39-35(44)32(18-24-7-5-10-27(37)17-24)40-34(43)26-8-3-2-4-9-26/h2-19,21H,22H2,1H3,(H,39,44)(H,40,43)(H,41,42)/b32-18-. The molecular weight excluding hydrogens is 636 g/mol. The van der Waals surface area contributed by atoms with Crippen LogP contribution in [0.15, 0.2) is 119 Å². The van der Waals surface area contributed by atoms with Crippen molar-refractivity contribution < 1.29 is 14.4 Å². The molecule has 0 aliphatic carbocycles. The number of nitriles is 1. The minimum atomic E-state index is -0.532. The number of nitrogens with one attached hydrogen (secondary N) is 3. The third-order valence-electron chi connectivity index (χ3n) is 6.67. The maximum atomic E-state index is 13.4. The zero-order valence-corrected chi connectivity index (χ0v) is 26.9. The lowest BCUT2D eigenvalue weighted by Gasteiger charge is -2.12. The SMILES string of the molecule is Cc1ccc(-c2csc(NC(=O)CSc3cccc(NC(=O)/C(=C/c4cccc(Cl)c4)NC(=O)c4ccccc4)c3)c2C#N)cc1. The Bertz CT molecular complexity index is 1970. The van der Waals surface area contributed by atoms with Crippen molar-refractivity contribution in [2.45, 2.75) is 11.8 Å². The molecule has 0 unspecified atom stereocenters. The smallest absolute Gasteiger partial charge is 0.272 e. The van der Waals surface area contributed by atoms with Gasteiger partial charge in [-0.25, -0.2) is 0 Å². The number of thioether (sulfide) groups is 1. The Balaban J connectivity index is 1.25. The summed E-state index contributed by atoms with van der Waals surface area (Å²) in [6.45, 7) is 2.00. The molecule has 0 spiro atoms. The van der Waals surface area contributed by atoms with Gasteiger partial charge in [-0.3, -0.25) is 14.4 Å². The highest BCUT2D eigenvalue weighted by molar-refractivity contribution is 8.00. The molecule has 1 aromatic heterocycles. The van der Waals surface area contributed by atoms with Crippen molar-refractivity contribution in [3.05, 3.63) is 141 Å². The van der Waals surface area contributed by atoms with Crippen LogP contribution in [0.2, 0.25) is 5.02 Å². The monoisotopic (exact) mass is 662 g/mol. The van der Waals surface area contributed by atoms with Crippen molar-refractivity contribution in [1.82, 2.24) is 5.32 Å². The number of hydrogen-bond acceptors (Lipinski definition) is 6. The van der Waals surface area contributed by atoms with Gasteiger partial charge >= 0.3 is 0 Å². The van der Waals surface area contributed by atoms with Gasteiger partial charge in [0.25, 0.3) is 11.8 Å². The number of benzene rings is 4. The van der Waals surface area contributed by atoms with Gasteiger partial charge in [0, 0.05) is 32.1 Å². The topological polar surface area (TPSA) is 111 Å². The van der Waals surface area contributed by atoms with Crippen LogP contribution in [0, 0.1) is 18.3 Å². The molecule has 0 saturated carbocycles. The Morgan fingerprint density at radius 2 is 1.67 bits per heavy atom. The average Bonchev–Trinajstić information content (AvgIpc) is 3.46. The molecule has 228 valence electrons. The molecule has 0 aliphatic heterocycles. The number of halogens is 1. The highest BCUT2D eigenvalue weighted by Crippen LogP contribution is 2.35. The number of anilines is 2. The van der Waals surface area contributed by atoms with Gasteiger partial charge in [-0.2, -0.15) is 5.26 Å². The van der Waals surface area contributed by atoms with E-state index in [1.54, 1.807) is 78.9 Å². The van der Waals surface area contributed by atoms with E-state index in [1.807, 2.05) is 42.6 Å². The minimum Gasteiger partial charge on any atom is -0.321 e. The Kier molecular flexibility index (Phi) is 10.7. The van der Waals surface area contributed by atoms with Crippen molar-refractivity contribution in [1.29, 1.82) is 5.26 Å². The van der Waals surface area contributed by atoms with Crippen LogP contribution < -0.4 is 16.0 Å². The molecule has 5 aromatic rings. The number of aryl methyl sites for hydroxylation is 1. The van der Waals surface area contributed by atoms with E-state index in [9.17, 15) is 19.6 Å². The second-order valence-corrected chi connectivity index (χ2v) is 12.4. The highest BCUT2D eigenvalue weighted by atomic mass is 35.5. The van der Waals surface area contributed by atoms with Crippen LogP contribution in [0.4, 0.5) is 10.7 Å². The minimum absolute atomic E-state index is 0.0304. The molecule has 0 saturated heterocycles. The maximum Gasteiger partial charge on any atom is 0.272 e. The number of carbonyl (C=O) groups excluding carboxylic acids is 3. The first kappa shape index (κ1) is 32.3. The van der Waals surface area contributed by atoms with Crippen molar-refractivity contribution in [2.24, 2.45) is 0 Å². The summed E-state index contributed by atoms with van der Waals surface area (Å²) in [5.41, 5.74) is 4.79. The lowest BCUT2D eigenvalue weighted by atomic mass is 10.0. The molecule has 3 N–H and O–H groups in total. The van der Waals surface area contributed by atoms with Gasteiger partial charge in [-0.05, 0) is 66.6 Å². The van der Waals surface area contributed by atoms with Crippen LogP contribution in [-0.2, 0) is 9.59 Å². The molecule has 4 aromatic carbocycles. The van der Waals surface area contributed by atoms with Gasteiger partial charge in [-0.1, -0.05) is 77.8 Å². The zero-order valence-electron chi connectivity index (χ0n) is 24.5. The fourth-order valence-electron chi connectivity index (χ4n) is 4.39. The van der Waals surface area contributed by atoms with Gasteiger partial charge in [0.15, 0.2) is 0 Å². The number of amides is 3. The molecule has 3 amide bonds. The average molecular weight is 663 g/mol. The normalized spacial score (nSPS) is 10.9. The Morgan fingerprint density at radius 1 is 0.913 bits per heavy atom. The molecular formula is C36H27ClN4O3S2. The second kappa shape index (κ2) is 15.2. The molecule has 1 heterocycles. The van der Waals surface area contributed by atoms with E-state index in [4.69, 9.17) is 11.6 Å². The maximum absolute atomic E-state index is 13.4. The Morgan fingerprint density at radius 3 is 2.41 bits per heavy atom. The van der Waals surface area contributed by atoms with E-state index in [-0.39, 0.29) is 17.4 Å². The second-order valence-electron chi connectivity index (χ2n) is 10.1. The number of carbonyl (C=O) groups is 3. The van der Waals surface area contributed by atoms with Crippen LogP contribution in [0.1, 0.15) is 27.0 Å². The predicted molar refractivity (Wildman–Crippen MR) is 187 cm³/mol. The van der Waals surface area contributed by atoms with E-state index in [1.165, 1.54) is 23.1 Å². The lowest BCUT2D eigenvalue weighted by Crippen LogP contribution is -2.30. The summed E-state index contributed by atoms with van der Waals surface area (Å²) in [5.74, 6) is -1.14. The molecule has 0 bridgehead atoms. The first-order valence-electron chi connectivity index (χ1n) is 14.1. The van der Waals surface area contributed by atoms with Crippen LogP contribution in [0.5, 0.6) is 0 Å². The van der Waals surface area contributed by atoms with Gasteiger partial charge in [0.2, 0.25) is 5.91 Å². The third-order valence-corrected chi connectivity index (χ3v) is 8.79. The summed E-state index contributed by atoms with van der Waals surface area (Å²) in [5, 5.41) is 21.1. The summed E-state index contributed by atoms with van der Waals surface area (Å²) in [6.07, 6.45) is 1.55. The molecule has 5 rings (SSSR count). The first-order chi connectivity index (χ1) is 22.3. The van der Waals surface area contributed by atoms with Crippen LogP contribution in [0.25, 0.3) is 17.2 Å². The summed E-state index contributed by atoms with van der Waals surface area (Å²) in [7, 11) is 0. The largest absolute Gasteiger partial charge is 0.321 e. The van der Waals surface area contributed by atoms with E-state index in [2.05, 4.69) is 22.0 Å². The number of thiophene rings is 1. The fourth-order valence-corrected chi connectivity index (χ4v) is 6.28. The molecule has 0 aliphatic rings. The number of nitrogens with zero attached hydrogens (tertiary/aromatic N) is 1. The summed E-state index contributed by atoms with van der Waals surface area (Å²) < 4.78 is 0.